The van der Waals surface area contributed by atoms with Crippen LogP contribution in [-0.4, -0.2) is 35.2 Å². The van der Waals surface area contributed by atoms with E-state index in [1.165, 1.54) is 5.56 Å². The molecule has 1 aromatic carbocycles. The molecule has 20 heavy (non-hydrogen) atoms. The number of morpholine rings is 1. The molecule has 110 valence electrons. The second-order valence-corrected chi connectivity index (χ2v) is 7.18. The van der Waals surface area contributed by atoms with Crippen LogP contribution in [0.1, 0.15) is 45.7 Å². The van der Waals surface area contributed by atoms with Crippen LogP contribution in [0.15, 0.2) is 24.3 Å². The lowest BCUT2D eigenvalue weighted by molar-refractivity contribution is -0.0472. The minimum Gasteiger partial charge on any atom is -0.372 e. The van der Waals surface area contributed by atoms with Gasteiger partial charge in [-0.1, -0.05) is 57.3 Å². The maximum Gasteiger partial charge on any atom is 0.109 e. The molecule has 2 atom stereocenters. The summed E-state index contributed by atoms with van der Waals surface area (Å²) in [5.41, 5.74) is 2.66. The molecule has 0 bridgehead atoms. The first-order valence-corrected chi connectivity index (χ1v) is 7.73. The molecule has 0 saturated carbocycles. The highest BCUT2D eigenvalue weighted by atomic mass is 32.1. The van der Waals surface area contributed by atoms with E-state index in [0.29, 0.717) is 0 Å². The molecule has 1 fully saturated rings. The summed E-state index contributed by atoms with van der Waals surface area (Å²) in [5.74, 6) is 0. The molecule has 1 aromatic rings. The zero-order valence-electron chi connectivity index (χ0n) is 13.1. The fourth-order valence-corrected chi connectivity index (χ4v) is 2.92. The Morgan fingerprint density at radius 3 is 2.05 bits per heavy atom. The van der Waals surface area contributed by atoms with Gasteiger partial charge in [-0.25, -0.2) is 0 Å². The van der Waals surface area contributed by atoms with Gasteiger partial charge in [0.1, 0.15) is 4.99 Å². The molecule has 0 spiro atoms. The smallest absolute Gasteiger partial charge is 0.109 e. The summed E-state index contributed by atoms with van der Waals surface area (Å²) in [4.78, 5) is 3.20. The lowest BCUT2D eigenvalue weighted by Crippen LogP contribution is -2.47. The molecule has 1 aliphatic rings. The maximum absolute atomic E-state index is 5.76. The Morgan fingerprint density at radius 2 is 1.60 bits per heavy atom. The van der Waals surface area contributed by atoms with Crippen molar-refractivity contribution in [1.29, 1.82) is 0 Å². The Morgan fingerprint density at radius 1 is 1.10 bits per heavy atom. The first kappa shape index (κ1) is 15.5. The second kappa shape index (κ2) is 5.82. The van der Waals surface area contributed by atoms with Crippen molar-refractivity contribution in [3.05, 3.63) is 35.4 Å². The summed E-state index contributed by atoms with van der Waals surface area (Å²) in [5, 5.41) is 0. The van der Waals surface area contributed by atoms with E-state index >= 15 is 0 Å². The van der Waals surface area contributed by atoms with Gasteiger partial charge in [0.15, 0.2) is 0 Å². The van der Waals surface area contributed by atoms with E-state index in [0.717, 1.165) is 23.6 Å². The summed E-state index contributed by atoms with van der Waals surface area (Å²) in [6.07, 6.45) is 0.482. The van der Waals surface area contributed by atoms with Gasteiger partial charge < -0.3 is 9.64 Å². The summed E-state index contributed by atoms with van der Waals surface area (Å²) in [6, 6.07) is 8.67. The van der Waals surface area contributed by atoms with Crippen LogP contribution in [0.4, 0.5) is 0 Å². The van der Waals surface area contributed by atoms with Crippen LogP contribution in [0, 0.1) is 0 Å². The Kier molecular flexibility index (Phi) is 4.50. The Bertz CT molecular complexity index is 465. The van der Waals surface area contributed by atoms with E-state index in [1.54, 1.807) is 0 Å². The number of hydrogen-bond acceptors (Lipinski definition) is 2. The van der Waals surface area contributed by atoms with Crippen LogP contribution in [0.25, 0.3) is 0 Å². The highest BCUT2D eigenvalue weighted by Gasteiger charge is 2.24. The van der Waals surface area contributed by atoms with E-state index < -0.39 is 0 Å². The van der Waals surface area contributed by atoms with Crippen LogP contribution in [0.3, 0.4) is 0 Å². The van der Waals surface area contributed by atoms with Gasteiger partial charge in [-0.15, -0.1) is 0 Å². The predicted molar refractivity (Wildman–Crippen MR) is 88.4 cm³/mol. The van der Waals surface area contributed by atoms with Crippen molar-refractivity contribution in [2.75, 3.05) is 13.1 Å². The van der Waals surface area contributed by atoms with Crippen LogP contribution in [0.5, 0.6) is 0 Å². The van der Waals surface area contributed by atoms with Crippen molar-refractivity contribution in [3.8, 4) is 0 Å². The minimum atomic E-state index is 0.183. The van der Waals surface area contributed by atoms with Gasteiger partial charge in [0.05, 0.1) is 12.2 Å². The molecule has 3 heteroatoms. The normalized spacial score (nSPS) is 23.8. The highest BCUT2D eigenvalue weighted by Crippen LogP contribution is 2.23. The van der Waals surface area contributed by atoms with Gasteiger partial charge in [-0.3, -0.25) is 0 Å². The highest BCUT2D eigenvalue weighted by molar-refractivity contribution is 7.80. The summed E-state index contributed by atoms with van der Waals surface area (Å²) >= 11 is 5.65. The minimum absolute atomic E-state index is 0.183. The fourth-order valence-electron chi connectivity index (χ4n) is 2.64. The second-order valence-electron chi connectivity index (χ2n) is 6.79. The van der Waals surface area contributed by atoms with Crippen molar-refractivity contribution in [2.24, 2.45) is 0 Å². The molecule has 0 N–H and O–H groups in total. The average molecular weight is 291 g/mol. The van der Waals surface area contributed by atoms with E-state index in [-0.39, 0.29) is 17.6 Å². The van der Waals surface area contributed by atoms with E-state index in [9.17, 15) is 0 Å². The van der Waals surface area contributed by atoms with E-state index in [1.807, 2.05) is 0 Å². The molecule has 0 aliphatic carbocycles. The van der Waals surface area contributed by atoms with Gasteiger partial charge in [-0.2, -0.15) is 0 Å². The zero-order chi connectivity index (χ0) is 14.9. The van der Waals surface area contributed by atoms with Gasteiger partial charge in [0, 0.05) is 18.7 Å². The average Bonchev–Trinajstić information content (AvgIpc) is 2.36. The molecule has 1 aliphatic heterocycles. The van der Waals surface area contributed by atoms with Gasteiger partial charge >= 0.3 is 0 Å². The fraction of sp³-hybridized carbons (Fsp3) is 0.588. The van der Waals surface area contributed by atoms with Gasteiger partial charge in [-0.05, 0) is 24.8 Å². The van der Waals surface area contributed by atoms with Crippen molar-refractivity contribution in [1.82, 2.24) is 4.90 Å². The number of ether oxygens (including phenoxy) is 1. The first-order valence-electron chi connectivity index (χ1n) is 7.32. The van der Waals surface area contributed by atoms with Crippen molar-refractivity contribution in [3.63, 3.8) is 0 Å². The Hall–Kier alpha value is -0.930. The molecule has 0 amide bonds. The Labute approximate surface area is 128 Å². The molecule has 0 radical (unpaired) electrons. The topological polar surface area (TPSA) is 12.5 Å². The first-order chi connectivity index (χ1) is 9.27. The molecule has 1 saturated heterocycles. The number of rotatable bonds is 1. The molecule has 2 rings (SSSR count). The maximum atomic E-state index is 5.76. The van der Waals surface area contributed by atoms with E-state index in [2.05, 4.69) is 63.8 Å². The van der Waals surface area contributed by atoms with Crippen LogP contribution in [0.2, 0.25) is 0 Å². The summed E-state index contributed by atoms with van der Waals surface area (Å²) in [7, 11) is 0. The van der Waals surface area contributed by atoms with Crippen molar-refractivity contribution < 1.29 is 4.74 Å². The number of benzene rings is 1. The monoisotopic (exact) mass is 291 g/mol. The molecular formula is C17H25NOS. The van der Waals surface area contributed by atoms with Crippen LogP contribution < -0.4 is 0 Å². The quantitative estimate of drug-likeness (QED) is 0.731. The number of nitrogens with zero attached hydrogens (tertiary/aromatic N) is 1. The molecule has 1 heterocycles. The third kappa shape index (κ3) is 3.58. The summed E-state index contributed by atoms with van der Waals surface area (Å²) in [6.45, 7) is 12.7. The SMILES string of the molecule is C[C@@H]1CN(C(=S)c2ccc(C(C)(C)C)cc2)C[C@H](C)O1. The Balaban J connectivity index is 2.13. The third-order valence-electron chi connectivity index (χ3n) is 3.70. The lowest BCUT2D eigenvalue weighted by Gasteiger charge is -2.37. The number of thiocarbonyl (C=S) groups is 1. The van der Waals surface area contributed by atoms with Crippen molar-refractivity contribution >= 4 is 17.2 Å². The van der Waals surface area contributed by atoms with Crippen LogP contribution in [-0.2, 0) is 10.2 Å². The van der Waals surface area contributed by atoms with Crippen LogP contribution >= 0.6 is 12.2 Å². The van der Waals surface area contributed by atoms with Gasteiger partial charge in [0.25, 0.3) is 0 Å². The van der Waals surface area contributed by atoms with Crippen molar-refractivity contribution in [2.45, 2.75) is 52.2 Å². The molecule has 0 unspecified atom stereocenters. The number of hydrogen-bond donors (Lipinski definition) is 0. The van der Waals surface area contributed by atoms with Gasteiger partial charge in [0.2, 0.25) is 0 Å². The third-order valence-corrected chi connectivity index (χ3v) is 4.20. The zero-order valence-corrected chi connectivity index (χ0v) is 14.0. The molecular weight excluding hydrogens is 266 g/mol. The molecule has 2 nitrogen and oxygen atoms in total. The largest absolute Gasteiger partial charge is 0.372 e. The molecule has 0 aromatic heterocycles. The van der Waals surface area contributed by atoms with E-state index in [4.69, 9.17) is 17.0 Å². The standard InChI is InChI=1S/C17H25NOS/c1-12-10-18(11-13(2)19-12)16(20)14-6-8-15(9-7-14)17(3,4)5/h6-9,12-13H,10-11H2,1-5H3/t12-,13+. The predicted octanol–water partition coefficient (Wildman–Crippen LogP) is 3.77. The lowest BCUT2D eigenvalue weighted by atomic mass is 9.86. The summed E-state index contributed by atoms with van der Waals surface area (Å²) < 4.78 is 5.76.